The van der Waals surface area contributed by atoms with Crippen LogP contribution >= 0.6 is 0 Å². The Kier molecular flexibility index (Phi) is 10.2. The Labute approximate surface area is 291 Å². The molecule has 0 saturated heterocycles. The summed E-state index contributed by atoms with van der Waals surface area (Å²) in [5.41, 5.74) is 8.66. The second-order valence-corrected chi connectivity index (χ2v) is 15.6. The Morgan fingerprint density at radius 3 is 1.46 bits per heavy atom. The van der Waals surface area contributed by atoms with Crippen LogP contribution in [0.15, 0.2) is 133 Å². The minimum absolute atomic E-state index is 0.203. The van der Waals surface area contributed by atoms with Crippen LogP contribution < -0.4 is 0 Å². The summed E-state index contributed by atoms with van der Waals surface area (Å²) < 4.78 is 1.42. The molecule has 46 heavy (non-hydrogen) atoms. The normalized spacial score (nSPS) is 11.6. The molecule has 0 aliphatic heterocycles. The van der Waals surface area contributed by atoms with E-state index in [-0.39, 0.29) is 10.8 Å². The SMILES string of the molecule is CC(C)(C)c1ccc2c(c1)[cH-]c1cc(C(C)(C)C)ccc12.Cc1ccc2[cH-]ccc2c1C.[Zr+2]=[C](c1ccccc1)c1ccccc1. The van der Waals surface area contributed by atoms with Gasteiger partial charge in [0, 0.05) is 0 Å². The number of aryl methyl sites for hydroxylation is 2. The van der Waals surface area contributed by atoms with Crippen molar-refractivity contribution in [3.8, 4) is 0 Å². The number of hydrogen-bond acceptors (Lipinski definition) is 0. The van der Waals surface area contributed by atoms with E-state index in [9.17, 15) is 0 Å². The third kappa shape index (κ3) is 7.82. The zero-order valence-electron chi connectivity index (χ0n) is 28.7. The van der Waals surface area contributed by atoms with Crippen molar-refractivity contribution in [2.45, 2.75) is 66.2 Å². The molecule has 0 aliphatic rings. The predicted molar refractivity (Wildman–Crippen MR) is 200 cm³/mol. The van der Waals surface area contributed by atoms with Crippen LogP contribution in [-0.4, -0.2) is 3.21 Å². The Morgan fingerprint density at radius 1 is 0.522 bits per heavy atom. The molecule has 7 rings (SSSR count). The first-order valence-corrected chi connectivity index (χ1v) is 17.5. The Balaban J connectivity index is 0.000000144. The fourth-order valence-electron chi connectivity index (χ4n) is 5.80. The fourth-order valence-corrected chi connectivity index (χ4v) is 6.62. The van der Waals surface area contributed by atoms with Gasteiger partial charge in [-0.2, -0.15) is 12.1 Å². The molecule has 0 bridgehead atoms. The van der Waals surface area contributed by atoms with E-state index in [1.165, 1.54) is 93.1 Å². The monoisotopic (exact) mass is 676 g/mol. The number of hydrogen-bond donors (Lipinski definition) is 0. The standard InChI is InChI=1S/C21H25.C13H10.C11H11.Zr/c1-20(2,3)16-7-9-18-14(12-16)11-15-13-17(21(4,5)6)8-10-19(15)18;1-3-7-12(8-4-1)11-13-9-5-2-6-10-13;1-8-6-7-10-4-3-5-11(10)9(8)2;/h7-13H,1-6H3;1-10H;3-7H,1-2H3;/q-1;;-1;+2. The molecule has 0 N–H and O–H groups in total. The van der Waals surface area contributed by atoms with Gasteiger partial charge >= 0.3 is 99.2 Å². The first-order valence-electron chi connectivity index (χ1n) is 16.3. The molecule has 7 aromatic rings. The number of fused-ring (bicyclic) bond motifs is 4. The molecule has 0 radical (unpaired) electrons. The third-order valence-corrected chi connectivity index (χ3v) is 10.3. The second kappa shape index (κ2) is 14.0. The van der Waals surface area contributed by atoms with E-state index in [2.05, 4.69) is 189 Å². The van der Waals surface area contributed by atoms with Crippen LogP contribution in [0.2, 0.25) is 0 Å². The molecule has 0 amide bonds. The molecular formula is C45H46Zr. The summed E-state index contributed by atoms with van der Waals surface area (Å²) in [6.45, 7) is 18.0. The van der Waals surface area contributed by atoms with Crippen LogP contribution in [0, 0.1) is 13.8 Å². The molecule has 7 aromatic carbocycles. The van der Waals surface area contributed by atoms with Gasteiger partial charge in [0.1, 0.15) is 0 Å². The molecule has 0 aliphatic carbocycles. The van der Waals surface area contributed by atoms with Gasteiger partial charge in [0.05, 0.1) is 0 Å². The molecule has 0 fully saturated rings. The zero-order chi connectivity index (χ0) is 33.1. The quantitative estimate of drug-likeness (QED) is 0.160. The molecule has 0 atom stereocenters. The van der Waals surface area contributed by atoms with Gasteiger partial charge in [-0.25, -0.2) is 0 Å². The van der Waals surface area contributed by atoms with Crippen LogP contribution in [-0.2, 0) is 35.1 Å². The Morgan fingerprint density at radius 2 is 1.00 bits per heavy atom. The maximum absolute atomic E-state index is 2.35. The molecule has 0 heterocycles. The molecular weight excluding hydrogens is 632 g/mol. The zero-order valence-corrected chi connectivity index (χ0v) is 31.2. The third-order valence-electron chi connectivity index (χ3n) is 8.92. The molecule has 0 unspecified atom stereocenters. The second-order valence-electron chi connectivity index (χ2n) is 14.4. The van der Waals surface area contributed by atoms with Gasteiger partial charge in [0.15, 0.2) is 0 Å². The topological polar surface area (TPSA) is 0 Å². The van der Waals surface area contributed by atoms with Crippen molar-refractivity contribution >= 4 is 35.5 Å². The summed E-state index contributed by atoms with van der Waals surface area (Å²) in [7, 11) is 0. The first-order chi connectivity index (χ1) is 21.8. The summed E-state index contributed by atoms with van der Waals surface area (Å²) >= 11 is 1.46. The van der Waals surface area contributed by atoms with Gasteiger partial charge in [0.25, 0.3) is 0 Å². The maximum atomic E-state index is 2.35. The van der Waals surface area contributed by atoms with E-state index in [1.54, 1.807) is 0 Å². The summed E-state index contributed by atoms with van der Waals surface area (Å²) in [6.07, 6.45) is 0. The van der Waals surface area contributed by atoms with Gasteiger partial charge in [-0.05, 0) is 24.7 Å². The molecule has 1 heteroatoms. The molecule has 0 aromatic heterocycles. The van der Waals surface area contributed by atoms with Crippen molar-refractivity contribution in [3.05, 3.63) is 167 Å². The van der Waals surface area contributed by atoms with Crippen molar-refractivity contribution < 1.29 is 24.2 Å². The van der Waals surface area contributed by atoms with Crippen LogP contribution in [0.25, 0.3) is 32.3 Å². The summed E-state index contributed by atoms with van der Waals surface area (Å²) in [5.74, 6) is 0. The van der Waals surface area contributed by atoms with Crippen LogP contribution in [0.3, 0.4) is 0 Å². The first kappa shape index (κ1) is 33.7. The van der Waals surface area contributed by atoms with E-state index in [1.807, 2.05) is 0 Å². The molecule has 230 valence electrons. The Bertz CT molecular complexity index is 1960. The summed E-state index contributed by atoms with van der Waals surface area (Å²) in [5, 5.41) is 8.22. The summed E-state index contributed by atoms with van der Waals surface area (Å²) in [6, 6.07) is 48.1. The van der Waals surface area contributed by atoms with E-state index in [0.717, 1.165) is 0 Å². The van der Waals surface area contributed by atoms with Crippen molar-refractivity contribution in [1.82, 2.24) is 0 Å². The van der Waals surface area contributed by atoms with Crippen LogP contribution in [0.4, 0.5) is 0 Å². The van der Waals surface area contributed by atoms with Gasteiger partial charge in [-0.15, -0.1) is 68.7 Å². The predicted octanol–water partition coefficient (Wildman–Crippen LogP) is 12.3. The fraction of sp³-hybridized carbons (Fsp3) is 0.222. The summed E-state index contributed by atoms with van der Waals surface area (Å²) in [4.78, 5) is 0. The van der Waals surface area contributed by atoms with E-state index < -0.39 is 0 Å². The van der Waals surface area contributed by atoms with E-state index in [0.29, 0.717) is 0 Å². The van der Waals surface area contributed by atoms with Crippen molar-refractivity contribution in [3.63, 3.8) is 0 Å². The van der Waals surface area contributed by atoms with Crippen LogP contribution in [0.1, 0.15) is 74.9 Å². The minimum atomic E-state index is 0.203. The average molecular weight is 678 g/mol. The van der Waals surface area contributed by atoms with Crippen molar-refractivity contribution in [2.24, 2.45) is 0 Å². The average Bonchev–Trinajstić information content (AvgIpc) is 3.68. The molecule has 0 saturated carbocycles. The van der Waals surface area contributed by atoms with Gasteiger partial charge in [0.2, 0.25) is 0 Å². The van der Waals surface area contributed by atoms with Crippen molar-refractivity contribution in [2.75, 3.05) is 0 Å². The Hall–Kier alpha value is -3.67. The van der Waals surface area contributed by atoms with E-state index >= 15 is 0 Å². The van der Waals surface area contributed by atoms with Crippen LogP contribution in [0.5, 0.6) is 0 Å². The molecule has 0 nitrogen and oxygen atoms in total. The molecule has 0 spiro atoms. The number of benzene rings is 5. The number of rotatable bonds is 2. The van der Waals surface area contributed by atoms with Gasteiger partial charge in [-0.1, -0.05) is 88.1 Å². The van der Waals surface area contributed by atoms with Gasteiger partial charge in [-0.3, -0.25) is 0 Å². The van der Waals surface area contributed by atoms with Crippen molar-refractivity contribution in [1.29, 1.82) is 0 Å². The van der Waals surface area contributed by atoms with Gasteiger partial charge < -0.3 is 0 Å². The van der Waals surface area contributed by atoms with E-state index in [4.69, 9.17) is 0 Å².